The number of likely N-dealkylation sites (N-methyl/N-ethyl adjacent to an activating group) is 1. The summed E-state index contributed by atoms with van der Waals surface area (Å²) < 4.78 is 5.82. The van der Waals surface area contributed by atoms with Crippen molar-refractivity contribution in [2.75, 3.05) is 31.7 Å². The highest BCUT2D eigenvalue weighted by Gasteiger charge is 2.19. The lowest BCUT2D eigenvalue weighted by molar-refractivity contribution is 0.295. The normalized spacial score (nSPS) is 13.8. The minimum Gasteiger partial charge on any atom is -0.470 e. The van der Waals surface area contributed by atoms with E-state index in [2.05, 4.69) is 44.3 Å². The minimum atomic E-state index is 0.282. The van der Waals surface area contributed by atoms with E-state index in [-0.39, 0.29) is 5.82 Å². The topological polar surface area (TPSA) is 89.2 Å². The number of nitrogen functional groups attached to an aromatic ring is 1. The maximum absolute atomic E-state index is 5.99. The van der Waals surface area contributed by atoms with Crippen molar-refractivity contribution < 1.29 is 4.74 Å². The van der Waals surface area contributed by atoms with E-state index in [1.165, 1.54) is 11.1 Å². The number of pyridine rings is 1. The predicted molar refractivity (Wildman–Crippen MR) is 110 cm³/mol. The predicted octanol–water partition coefficient (Wildman–Crippen LogP) is 2.73. The number of rotatable bonds is 5. The molecule has 3 N–H and O–H groups in total. The van der Waals surface area contributed by atoms with E-state index in [1.54, 1.807) is 18.6 Å². The van der Waals surface area contributed by atoms with Gasteiger partial charge in [0.15, 0.2) is 5.82 Å². The van der Waals surface area contributed by atoms with E-state index in [1.807, 2.05) is 19.2 Å². The Morgan fingerprint density at radius 3 is 2.86 bits per heavy atom. The highest BCUT2D eigenvalue weighted by molar-refractivity contribution is 5.70. The molecule has 0 amide bonds. The van der Waals surface area contributed by atoms with Gasteiger partial charge in [0.25, 0.3) is 5.88 Å². The molecule has 0 atom stereocenters. The average Bonchev–Trinajstić information content (AvgIpc) is 2.72. The summed E-state index contributed by atoms with van der Waals surface area (Å²) >= 11 is 0. The van der Waals surface area contributed by atoms with Gasteiger partial charge in [-0.25, -0.2) is 9.97 Å². The largest absolute Gasteiger partial charge is 0.470 e. The van der Waals surface area contributed by atoms with E-state index in [0.717, 1.165) is 42.0 Å². The third kappa shape index (κ3) is 3.75. The molecule has 3 aromatic rings. The lowest BCUT2D eigenvalue weighted by atomic mass is 9.94. The van der Waals surface area contributed by atoms with Crippen LogP contribution in [0.5, 0.6) is 5.88 Å². The standard InChI is InChI=1S/C21H24N6O/c1-23-18-10-15(9-16-12-27(2)8-5-17(16)18)19-11-25-20(22)21(26-19)28-13-14-3-6-24-7-4-14/h3-4,6-7,9-11,23H,5,8,12-13H2,1-2H3,(H2,22,25). The molecule has 1 aliphatic rings. The molecule has 4 rings (SSSR count). The molecule has 0 bridgehead atoms. The molecule has 7 nitrogen and oxygen atoms in total. The third-order valence-corrected chi connectivity index (χ3v) is 4.98. The van der Waals surface area contributed by atoms with Gasteiger partial charge in [0.1, 0.15) is 6.61 Å². The quantitative estimate of drug-likeness (QED) is 0.708. The monoisotopic (exact) mass is 376 g/mol. The van der Waals surface area contributed by atoms with Crippen LogP contribution < -0.4 is 15.8 Å². The molecule has 0 radical (unpaired) electrons. The van der Waals surface area contributed by atoms with Gasteiger partial charge in [-0.15, -0.1) is 0 Å². The second-order valence-corrected chi connectivity index (χ2v) is 6.99. The molecule has 0 fully saturated rings. The van der Waals surface area contributed by atoms with Crippen molar-refractivity contribution in [2.45, 2.75) is 19.6 Å². The summed E-state index contributed by atoms with van der Waals surface area (Å²) in [6.07, 6.45) is 6.19. The number of nitrogens with zero attached hydrogens (tertiary/aromatic N) is 4. The first-order chi connectivity index (χ1) is 13.6. The summed E-state index contributed by atoms with van der Waals surface area (Å²) in [4.78, 5) is 15.3. The Bertz CT molecular complexity index is 976. The highest BCUT2D eigenvalue weighted by Crippen LogP contribution is 2.32. The number of ether oxygens (including phenoxy) is 1. The van der Waals surface area contributed by atoms with Gasteiger partial charge in [0.05, 0.1) is 11.9 Å². The first-order valence-electron chi connectivity index (χ1n) is 9.30. The van der Waals surface area contributed by atoms with E-state index >= 15 is 0 Å². The molecule has 0 aliphatic carbocycles. The van der Waals surface area contributed by atoms with Crippen LogP contribution in [0, 0.1) is 0 Å². The summed E-state index contributed by atoms with van der Waals surface area (Å²) in [6, 6.07) is 8.11. The van der Waals surface area contributed by atoms with Gasteiger partial charge in [-0.1, -0.05) is 0 Å². The Balaban J connectivity index is 1.65. The van der Waals surface area contributed by atoms with Crippen LogP contribution in [0.25, 0.3) is 11.3 Å². The number of anilines is 2. The Kier molecular flexibility index (Phi) is 5.08. The number of hydrogen-bond acceptors (Lipinski definition) is 7. The summed E-state index contributed by atoms with van der Waals surface area (Å²) in [5.74, 6) is 0.625. The molecule has 28 heavy (non-hydrogen) atoms. The first-order valence-corrected chi connectivity index (χ1v) is 9.30. The second-order valence-electron chi connectivity index (χ2n) is 6.99. The maximum atomic E-state index is 5.99. The van der Waals surface area contributed by atoms with Gasteiger partial charge >= 0.3 is 0 Å². The van der Waals surface area contributed by atoms with Gasteiger partial charge in [0, 0.05) is 43.8 Å². The molecule has 144 valence electrons. The molecule has 0 spiro atoms. The van der Waals surface area contributed by atoms with Crippen LogP contribution in [0.15, 0.2) is 42.9 Å². The molecule has 2 aromatic heterocycles. The van der Waals surface area contributed by atoms with E-state index in [4.69, 9.17) is 10.5 Å². The number of nitrogens with two attached hydrogens (primary N) is 1. The number of fused-ring (bicyclic) bond motifs is 1. The second kappa shape index (κ2) is 7.82. The fourth-order valence-corrected chi connectivity index (χ4v) is 3.47. The van der Waals surface area contributed by atoms with Crippen LogP contribution in [-0.4, -0.2) is 40.5 Å². The maximum Gasteiger partial charge on any atom is 0.258 e. The van der Waals surface area contributed by atoms with Gasteiger partial charge < -0.3 is 20.7 Å². The average molecular weight is 376 g/mol. The fraction of sp³-hybridized carbons (Fsp3) is 0.286. The van der Waals surface area contributed by atoms with Gasteiger partial charge in [-0.3, -0.25) is 4.98 Å². The van der Waals surface area contributed by atoms with Gasteiger partial charge in [-0.05, 0) is 54.4 Å². The van der Waals surface area contributed by atoms with Crippen LogP contribution in [0.1, 0.15) is 16.7 Å². The number of hydrogen-bond donors (Lipinski definition) is 2. The summed E-state index contributed by atoms with van der Waals surface area (Å²) in [6.45, 7) is 2.35. The summed E-state index contributed by atoms with van der Waals surface area (Å²) in [5, 5.41) is 3.32. The smallest absolute Gasteiger partial charge is 0.258 e. The Labute approximate surface area is 164 Å². The molecule has 3 heterocycles. The lowest BCUT2D eigenvalue weighted by Crippen LogP contribution is -2.27. The lowest BCUT2D eigenvalue weighted by Gasteiger charge is -2.27. The SMILES string of the molecule is CNc1cc(-c2cnc(N)c(OCc3ccncc3)n2)cc2c1CCN(C)C2. The zero-order valence-corrected chi connectivity index (χ0v) is 16.1. The van der Waals surface area contributed by atoms with Crippen molar-refractivity contribution in [3.8, 4) is 17.1 Å². The fourth-order valence-electron chi connectivity index (χ4n) is 3.47. The summed E-state index contributed by atoms with van der Waals surface area (Å²) in [5.41, 5.74) is 12.6. The van der Waals surface area contributed by atoms with E-state index < -0.39 is 0 Å². The Morgan fingerprint density at radius 2 is 2.07 bits per heavy atom. The van der Waals surface area contributed by atoms with Crippen molar-refractivity contribution in [1.29, 1.82) is 0 Å². The molecule has 0 saturated heterocycles. The highest BCUT2D eigenvalue weighted by atomic mass is 16.5. The van der Waals surface area contributed by atoms with Crippen molar-refractivity contribution >= 4 is 11.5 Å². The van der Waals surface area contributed by atoms with Crippen LogP contribution in [0.3, 0.4) is 0 Å². The molecule has 1 aromatic carbocycles. The Morgan fingerprint density at radius 1 is 1.25 bits per heavy atom. The van der Waals surface area contributed by atoms with Crippen LogP contribution in [-0.2, 0) is 19.6 Å². The first kappa shape index (κ1) is 18.2. The van der Waals surface area contributed by atoms with Gasteiger partial charge in [0.2, 0.25) is 0 Å². The third-order valence-electron chi connectivity index (χ3n) is 4.98. The number of benzene rings is 1. The van der Waals surface area contributed by atoms with Crippen molar-refractivity contribution in [3.05, 3.63) is 59.5 Å². The molecule has 0 unspecified atom stereocenters. The molecular formula is C21H24N6O. The Hall–Kier alpha value is -3.19. The van der Waals surface area contributed by atoms with Crippen molar-refractivity contribution in [2.24, 2.45) is 0 Å². The zero-order chi connectivity index (χ0) is 19.5. The molecule has 0 saturated carbocycles. The number of aromatic nitrogens is 3. The van der Waals surface area contributed by atoms with Crippen LogP contribution >= 0.6 is 0 Å². The van der Waals surface area contributed by atoms with E-state index in [0.29, 0.717) is 12.5 Å². The summed E-state index contributed by atoms with van der Waals surface area (Å²) in [7, 11) is 4.10. The minimum absolute atomic E-state index is 0.282. The van der Waals surface area contributed by atoms with Crippen LogP contribution in [0.4, 0.5) is 11.5 Å². The van der Waals surface area contributed by atoms with Crippen LogP contribution in [0.2, 0.25) is 0 Å². The van der Waals surface area contributed by atoms with Crippen molar-refractivity contribution in [1.82, 2.24) is 19.9 Å². The molecule has 7 heteroatoms. The molecular weight excluding hydrogens is 352 g/mol. The van der Waals surface area contributed by atoms with E-state index in [9.17, 15) is 0 Å². The number of nitrogens with one attached hydrogen (secondary N) is 1. The van der Waals surface area contributed by atoms with Crippen molar-refractivity contribution in [3.63, 3.8) is 0 Å². The zero-order valence-electron chi connectivity index (χ0n) is 16.1. The molecule has 1 aliphatic heterocycles. The van der Waals surface area contributed by atoms with Gasteiger partial charge in [-0.2, -0.15) is 0 Å².